The number of hydrogen-bond donors (Lipinski definition) is 0. The fourth-order valence-corrected chi connectivity index (χ4v) is 2.66. The minimum atomic E-state index is -0.376. The van der Waals surface area contributed by atoms with Crippen molar-refractivity contribution in [1.29, 1.82) is 0 Å². The Hall–Kier alpha value is -1.23. The first-order valence-corrected chi connectivity index (χ1v) is 7.18. The maximum atomic E-state index is 13.3. The molecular weight excluding hydrogens is 366 g/mol. The van der Waals surface area contributed by atoms with Crippen molar-refractivity contribution in [2.24, 2.45) is 0 Å². The average Bonchev–Trinajstić information content (AvgIpc) is 2.41. The molecule has 0 aliphatic rings. The molecule has 1 heterocycles. The van der Waals surface area contributed by atoms with Gasteiger partial charge in [0.1, 0.15) is 11.0 Å². The monoisotopic (exact) mass is 370 g/mol. The molecule has 3 aromatic rings. The molecule has 0 saturated heterocycles. The third-order valence-electron chi connectivity index (χ3n) is 2.78. The van der Waals surface area contributed by atoms with Crippen LogP contribution >= 0.6 is 39.1 Å². The molecule has 100 valence electrons. The second kappa shape index (κ2) is 5.28. The van der Waals surface area contributed by atoms with Crippen LogP contribution in [0.3, 0.4) is 0 Å². The largest absolute Gasteiger partial charge is 0.228 e. The van der Waals surface area contributed by atoms with Gasteiger partial charge < -0.3 is 0 Å². The van der Waals surface area contributed by atoms with E-state index in [2.05, 4.69) is 25.9 Å². The molecule has 0 fully saturated rings. The first-order chi connectivity index (χ1) is 9.54. The Morgan fingerprint density at radius 3 is 2.60 bits per heavy atom. The second-order valence-electron chi connectivity index (χ2n) is 4.12. The van der Waals surface area contributed by atoms with E-state index < -0.39 is 0 Å². The topological polar surface area (TPSA) is 25.8 Å². The van der Waals surface area contributed by atoms with Crippen molar-refractivity contribution in [2.45, 2.75) is 0 Å². The van der Waals surface area contributed by atoms with Crippen molar-refractivity contribution >= 4 is 50.0 Å². The van der Waals surface area contributed by atoms with Crippen LogP contribution in [0, 0.1) is 5.82 Å². The molecule has 3 rings (SSSR count). The number of fused-ring (bicyclic) bond motifs is 1. The number of rotatable bonds is 1. The van der Waals surface area contributed by atoms with Gasteiger partial charge >= 0.3 is 0 Å². The van der Waals surface area contributed by atoms with Gasteiger partial charge in [0.2, 0.25) is 0 Å². The van der Waals surface area contributed by atoms with E-state index in [4.69, 9.17) is 23.2 Å². The first kappa shape index (κ1) is 13.7. The van der Waals surface area contributed by atoms with Crippen LogP contribution in [0.5, 0.6) is 0 Å². The lowest BCUT2D eigenvalue weighted by Crippen LogP contribution is -1.93. The Balaban J connectivity index is 2.29. The standard InChI is InChI=1S/C14H6BrCl2FN2/c15-7-1-4-11(16)10(5-7)14-19-12-6-8(18)2-3-9(12)13(17)20-14/h1-6H. The SMILES string of the molecule is Fc1ccc2c(Cl)nc(-c3cc(Br)ccc3Cl)nc2c1. The predicted octanol–water partition coefficient (Wildman–Crippen LogP) is 5.51. The number of nitrogens with zero attached hydrogens (tertiary/aromatic N) is 2. The van der Waals surface area contributed by atoms with Crippen LogP contribution in [0.2, 0.25) is 10.2 Å². The third-order valence-corrected chi connectivity index (χ3v) is 3.89. The van der Waals surface area contributed by atoms with Crippen molar-refractivity contribution in [2.75, 3.05) is 0 Å². The van der Waals surface area contributed by atoms with Gasteiger partial charge in [-0.3, -0.25) is 0 Å². The Labute approximate surface area is 132 Å². The Kier molecular flexibility index (Phi) is 3.63. The van der Waals surface area contributed by atoms with E-state index >= 15 is 0 Å². The van der Waals surface area contributed by atoms with E-state index in [1.807, 2.05) is 6.07 Å². The molecule has 2 aromatic carbocycles. The van der Waals surface area contributed by atoms with Gasteiger partial charge in [0.25, 0.3) is 0 Å². The van der Waals surface area contributed by atoms with Crippen LogP contribution in [0.1, 0.15) is 0 Å². The first-order valence-electron chi connectivity index (χ1n) is 5.63. The highest BCUT2D eigenvalue weighted by Crippen LogP contribution is 2.31. The molecule has 0 amide bonds. The zero-order valence-corrected chi connectivity index (χ0v) is 13.0. The molecule has 0 atom stereocenters. The minimum Gasteiger partial charge on any atom is -0.228 e. The minimum absolute atomic E-state index is 0.265. The summed E-state index contributed by atoms with van der Waals surface area (Å²) < 4.78 is 14.2. The van der Waals surface area contributed by atoms with E-state index in [0.717, 1.165) is 4.47 Å². The van der Waals surface area contributed by atoms with Crippen LogP contribution in [-0.4, -0.2) is 9.97 Å². The summed E-state index contributed by atoms with van der Waals surface area (Å²) >= 11 is 15.6. The summed E-state index contributed by atoms with van der Waals surface area (Å²) in [6.07, 6.45) is 0. The second-order valence-corrected chi connectivity index (χ2v) is 5.80. The van der Waals surface area contributed by atoms with Gasteiger partial charge in [-0.15, -0.1) is 0 Å². The van der Waals surface area contributed by atoms with Crippen LogP contribution < -0.4 is 0 Å². The van der Waals surface area contributed by atoms with Gasteiger partial charge in [-0.1, -0.05) is 39.1 Å². The van der Waals surface area contributed by atoms with Gasteiger partial charge in [0.05, 0.1) is 10.5 Å². The number of benzene rings is 2. The lowest BCUT2D eigenvalue weighted by atomic mass is 10.2. The van der Waals surface area contributed by atoms with Crippen LogP contribution in [0.4, 0.5) is 4.39 Å². The lowest BCUT2D eigenvalue weighted by Gasteiger charge is -2.07. The average molecular weight is 372 g/mol. The van der Waals surface area contributed by atoms with E-state index in [0.29, 0.717) is 27.3 Å². The zero-order chi connectivity index (χ0) is 14.3. The molecule has 0 aliphatic heterocycles. The molecule has 0 saturated carbocycles. The van der Waals surface area contributed by atoms with Gasteiger partial charge in [0, 0.05) is 21.5 Å². The van der Waals surface area contributed by atoms with Gasteiger partial charge in [-0.05, 0) is 30.3 Å². The highest BCUT2D eigenvalue weighted by atomic mass is 79.9. The molecule has 0 spiro atoms. The molecule has 0 unspecified atom stereocenters. The fraction of sp³-hybridized carbons (Fsp3) is 0. The predicted molar refractivity (Wildman–Crippen MR) is 82.7 cm³/mol. The maximum absolute atomic E-state index is 13.3. The summed E-state index contributed by atoms with van der Waals surface area (Å²) in [6.45, 7) is 0. The summed E-state index contributed by atoms with van der Waals surface area (Å²) in [5.74, 6) is -0.0158. The van der Waals surface area contributed by atoms with E-state index in [-0.39, 0.29) is 11.0 Å². The Morgan fingerprint density at radius 2 is 1.80 bits per heavy atom. The molecular formula is C14H6BrCl2FN2. The highest BCUT2D eigenvalue weighted by molar-refractivity contribution is 9.10. The van der Waals surface area contributed by atoms with Crippen molar-refractivity contribution in [3.63, 3.8) is 0 Å². The van der Waals surface area contributed by atoms with E-state index in [9.17, 15) is 4.39 Å². The van der Waals surface area contributed by atoms with Crippen LogP contribution in [-0.2, 0) is 0 Å². The molecule has 0 radical (unpaired) electrons. The van der Waals surface area contributed by atoms with Gasteiger partial charge in [-0.2, -0.15) is 0 Å². The molecule has 1 aromatic heterocycles. The Morgan fingerprint density at radius 1 is 1.00 bits per heavy atom. The molecule has 0 N–H and O–H groups in total. The van der Waals surface area contributed by atoms with Gasteiger partial charge in [0.15, 0.2) is 5.82 Å². The molecule has 0 aliphatic carbocycles. The quantitative estimate of drug-likeness (QED) is 0.527. The summed E-state index contributed by atoms with van der Waals surface area (Å²) in [5.41, 5.74) is 1.07. The fourth-order valence-electron chi connectivity index (χ4n) is 1.85. The van der Waals surface area contributed by atoms with Crippen molar-refractivity contribution < 1.29 is 4.39 Å². The summed E-state index contributed by atoms with van der Waals surface area (Å²) in [4.78, 5) is 8.56. The number of aromatic nitrogens is 2. The molecule has 6 heteroatoms. The van der Waals surface area contributed by atoms with Crippen molar-refractivity contribution in [3.8, 4) is 11.4 Å². The zero-order valence-electron chi connectivity index (χ0n) is 9.87. The summed E-state index contributed by atoms with van der Waals surface area (Å²) in [6, 6.07) is 9.53. The van der Waals surface area contributed by atoms with Crippen molar-refractivity contribution in [3.05, 3.63) is 56.9 Å². The summed E-state index contributed by atoms with van der Waals surface area (Å²) in [7, 11) is 0. The van der Waals surface area contributed by atoms with Crippen molar-refractivity contribution in [1.82, 2.24) is 9.97 Å². The highest BCUT2D eigenvalue weighted by Gasteiger charge is 2.12. The lowest BCUT2D eigenvalue weighted by molar-refractivity contribution is 0.629. The molecule has 2 nitrogen and oxygen atoms in total. The third kappa shape index (κ3) is 2.51. The Bertz CT molecular complexity index is 824. The van der Waals surface area contributed by atoms with E-state index in [1.165, 1.54) is 12.1 Å². The molecule has 20 heavy (non-hydrogen) atoms. The molecule has 0 bridgehead atoms. The van der Waals surface area contributed by atoms with Crippen LogP contribution in [0.25, 0.3) is 22.3 Å². The van der Waals surface area contributed by atoms with E-state index in [1.54, 1.807) is 18.2 Å². The summed E-state index contributed by atoms with van der Waals surface area (Å²) in [5, 5.41) is 1.36. The maximum Gasteiger partial charge on any atom is 0.163 e. The normalized spacial score (nSPS) is 11.0. The number of hydrogen-bond acceptors (Lipinski definition) is 2. The smallest absolute Gasteiger partial charge is 0.163 e. The number of halogens is 4. The van der Waals surface area contributed by atoms with Gasteiger partial charge in [-0.25, -0.2) is 14.4 Å². The van der Waals surface area contributed by atoms with Crippen LogP contribution in [0.15, 0.2) is 40.9 Å².